The molecule has 4 nitrogen and oxygen atoms in total. The van der Waals surface area contributed by atoms with E-state index in [1.165, 1.54) is 6.07 Å². The van der Waals surface area contributed by atoms with Gasteiger partial charge in [0.05, 0.1) is 0 Å². The first-order chi connectivity index (χ1) is 11.4. The topological polar surface area (TPSA) is 55.8 Å². The summed E-state index contributed by atoms with van der Waals surface area (Å²) in [5.74, 6) is 0.521. The average molecular weight is 393 g/mol. The molecular formula is C19H21BrO4. The maximum Gasteiger partial charge on any atom is 0.339 e. The number of benzene rings is 2. The summed E-state index contributed by atoms with van der Waals surface area (Å²) in [4.78, 5) is 11.1. The lowest BCUT2D eigenvalue weighted by molar-refractivity contribution is 0.0691. The summed E-state index contributed by atoms with van der Waals surface area (Å²) in [5, 5.41) is 9.14. The summed E-state index contributed by atoms with van der Waals surface area (Å²) in [7, 11) is 0. The van der Waals surface area contributed by atoms with E-state index >= 15 is 0 Å². The van der Waals surface area contributed by atoms with Gasteiger partial charge in [0.25, 0.3) is 0 Å². The molecule has 24 heavy (non-hydrogen) atoms. The molecule has 2 aromatic carbocycles. The highest BCUT2D eigenvalue weighted by Crippen LogP contribution is 2.32. The summed E-state index contributed by atoms with van der Waals surface area (Å²) in [5.41, 5.74) is 2.38. The summed E-state index contributed by atoms with van der Waals surface area (Å²) in [6.07, 6.45) is 0. The van der Waals surface area contributed by atoms with Gasteiger partial charge < -0.3 is 14.6 Å². The third-order valence-electron chi connectivity index (χ3n) is 3.63. The lowest BCUT2D eigenvalue weighted by Crippen LogP contribution is -2.12. The van der Waals surface area contributed by atoms with Gasteiger partial charge in [0.15, 0.2) is 0 Å². The maximum atomic E-state index is 11.1. The van der Waals surface area contributed by atoms with E-state index in [9.17, 15) is 4.79 Å². The molecule has 2 rings (SSSR count). The molecule has 0 aliphatic carbocycles. The predicted octanol–water partition coefficient (Wildman–Crippen LogP) is 5.04. The highest BCUT2D eigenvalue weighted by Gasteiger charge is 2.12. The Morgan fingerprint density at radius 1 is 1.12 bits per heavy atom. The number of rotatable bonds is 7. The predicted molar refractivity (Wildman–Crippen MR) is 97.4 cm³/mol. The second kappa shape index (κ2) is 8.20. The van der Waals surface area contributed by atoms with Crippen molar-refractivity contribution in [2.45, 2.75) is 26.7 Å². The van der Waals surface area contributed by atoms with Gasteiger partial charge in [-0.3, -0.25) is 0 Å². The third-order valence-corrected chi connectivity index (χ3v) is 4.48. The summed E-state index contributed by atoms with van der Waals surface area (Å²) >= 11 is 3.55. The molecule has 0 atom stereocenters. The van der Waals surface area contributed by atoms with E-state index in [-0.39, 0.29) is 12.2 Å². The lowest BCUT2D eigenvalue weighted by Gasteiger charge is -2.16. The first-order valence-electron chi connectivity index (χ1n) is 7.78. The van der Waals surface area contributed by atoms with Crippen LogP contribution < -0.4 is 9.47 Å². The van der Waals surface area contributed by atoms with Gasteiger partial charge in [-0.1, -0.05) is 41.9 Å². The molecule has 0 aliphatic rings. The van der Waals surface area contributed by atoms with Crippen LogP contribution in [0.3, 0.4) is 0 Å². The Balaban J connectivity index is 2.01. The van der Waals surface area contributed by atoms with Crippen LogP contribution in [0.1, 0.15) is 41.3 Å². The Labute approximate surface area is 150 Å². The van der Waals surface area contributed by atoms with Crippen LogP contribution in [-0.4, -0.2) is 24.3 Å². The smallest absolute Gasteiger partial charge is 0.339 e. The monoisotopic (exact) mass is 392 g/mol. The molecule has 0 bridgehead atoms. The van der Waals surface area contributed by atoms with E-state index < -0.39 is 5.97 Å². The van der Waals surface area contributed by atoms with Crippen LogP contribution in [0.15, 0.2) is 40.9 Å². The van der Waals surface area contributed by atoms with Crippen LogP contribution in [0.25, 0.3) is 0 Å². The van der Waals surface area contributed by atoms with Crippen LogP contribution in [0, 0.1) is 6.92 Å². The van der Waals surface area contributed by atoms with Crippen molar-refractivity contribution in [3.05, 3.63) is 57.6 Å². The van der Waals surface area contributed by atoms with Crippen molar-refractivity contribution in [1.29, 1.82) is 0 Å². The lowest BCUT2D eigenvalue weighted by atomic mass is 10.0. The summed E-state index contributed by atoms with van der Waals surface area (Å²) < 4.78 is 12.5. The fraction of sp³-hybridized carbons (Fsp3) is 0.316. The fourth-order valence-corrected chi connectivity index (χ4v) is 2.68. The number of hydrogen-bond acceptors (Lipinski definition) is 3. The molecule has 128 valence electrons. The first kappa shape index (κ1) is 18.3. The quantitative estimate of drug-likeness (QED) is 0.670. The van der Waals surface area contributed by atoms with Gasteiger partial charge in [-0.25, -0.2) is 4.79 Å². The molecule has 1 N–H and O–H groups in total. The molecule has 0 spiro atoms. The van der Waals surface area contributed by atoms with E-state index in [2.05, 4.69) is 35.8 Å². The van der Waals surface area contributed by atoms with Crippen molar-refractivity contribution >= 4 is 21.9 Å². The summed E-state index contributed by atoms with van der Waals surface area (Å²) in [6.45, 7) is 6.86. The second-order valence-corrected chi connectivity index (χ2v) is 6.65. The molecule has 0 amide bonds. The van der Waals surface area contributed by atoms with E-state index in [0.717, 1.165) is 21.3 Å². The van der Waals surface area contributed by atoms with Gasteiger partial charge in [-0.05, 0) is 48.2 Å². The van der Waals surface area contributed by atoms with E-state index in [0.29, 0.717) is 18.3 Å². The second-order valence-electron chi connectivity index (χ2n) is 5.79. The molecule has 0 radical (unpaired) electrons. The zero-order valence-electron chi connectivity index (χ0n) is 14.0. The molecule has 0 aromatic heterocycles. The number of carboxylic acid groups (broad SMARTS) is 1. The SMILES string of the molecule is Cc1cc(OCCOc2ccccc2C(=O)O)c(C(C)C)cc1Br. The molecule has 5 heteroatoms. The number of halogens is 1. The summed E-state index contributed by atoms with van der Waals surface area (Å²) in [6, 6.07) is 10.7. The van der Waals surface area contributed by atoms with Gasteiger partial charge in [-0.2, -0.15) is 0 Å². The van der Waals surface area contributed by atoms with Crippen LogP contribution >= 0.6 is 15.9 Å². The van der Waals surface area contributed by atoms with Gasteiger partial charge in [0.1, 0.15) is 30.3 Å². The number of para-hydroxylation sites is 1. The van der Waals surface area contributed by atoms with E-state index in [1.54, 1.807) is 18.2 Å². The fourth-order valence-electron chi connectivity index (χ4n) is 2.32. The number of carboxylic acids is 1. The Bertz CT molecular complexity index is 725. The number of hydrogen-bond donors (Lipinski definition) is 1. The zero-order chi connectivity index (χ0) is 17.7. The molecular weight excluding hydrogens is 372 g/mol. The Morgan fingerprint density at radius 2 is 1.75 bits per heavy atom. The zero-order valence-corrected chi connectivity index (χ0v) is 15.6. The first-order valence-corrected chi connectivity index (χ1v) is 8.57. The molecule has 0 aliphatic heterocycles. The third kappa shape index (κ3) is 4.51. The normalized spacial score (nSPS) is 10.7. The van der Waals surface area contributed by atoms with Crippen molar-refractivity contribution in [3.63, 3.8) is 0 Å². The van der Waals surface area contributed by atoms with Crippen LogP contribution in [-0.2, 0) is 0 Å². The molecule has 2 aromatic rings. The minimum atomic E-state index is -1.00. The highest BCUT2D eigenvalue weighted by molar-refractivity contribution is 9.10. The van der Waals surface area contributed by atoms with Gasteiger partial charge in [-0.15, -0.1) is 0 Å². The number of ether oxygens (including phenoxy) is 2. The minimum absolute atomic E-state index is 0.153. The number of aromatic carboxylic acids is 1. The van der Waals surface area contributed by atoms with Gasteiger partial charge in [0.2, 0.25) is 0 Å². The van der Waals surface area contributed by atoms with Crippen LogP contribution in [0.5, 0.6) is 11.5 Å². The van der Waals surface area contributed by atoms with Gasteiger partial charge >= 0.3 is 5.97 Å². The van der Waals surface area contributed by atoms with Crippen molar-refractivity contribution in [2.75, 3.05) is 13.2 Å². The van der Waals surface area contributed by atoms with Crippen molar-refractivity contribution in [2.24, 2.45) is 0 Å². The Morgan fingerprint density at radius 3 is 2.38 bits per heavy atom. The van der Waals surface area contributed by atoms with Crippen LogP contribution in [0.2, 0.25) is 0 Å². The minimum Gasteiger partial charge on any atom is -0.490 e. The highest BCUT2D eigenvalue weighted by atomic mass is 79.9. The van der Waals surface area contributed by atoms with E-state index in [1.807, 2.05) is 13.0 Å². The maximum absolute atomic E-state index is 11.1. The molecule has 0 saturated heterocycles. The molecule has 0 unspecified atom stereocenters. The standard InChI is InChI=1S/C19H21BrO4/c1-12(2)15-11-16(20)13(3)10-18(15)24-9-8-23-17-7-5-4-6-14(17)19(21)22/h4-7,10-12H,8-9H2,1-3H3,(H,21,22). The number of carbonyl (C=O) groups is 1. The Kier molecular flexibility index (Phi) is 6.26. The van der Waals surface area contributed by atoms with Crippen LogP contribution in [0.4, 0.5) is 0 Å². The molecule has 0 saturated carbocycles. The molecule has 0 heterocycles. The molecule has 0 fully saturated rings. The van der Waals surface area contributed by atoms with Crippen molar-refractivity contribution < 1.29 is 19.4 Å². The van der Waals surface area contributed by atoms with Crippen molar-refractivity contribution in [3.8, 4) is 11.5 Å². The van der Waals surface area contributed by atoms with Crippen molar-refractivity contribution in [1.82, 2.24) is 0 Å². The average Bonchev–Trinajstić information content (AvgIpc) is 2.54. The Hall–Kier alpha value is -2.01. The largest absolute Gasteiger partial charge is 0.490 e. The number of aryl methyl sites for hydroxylation is 1. The van der Waals surface area contributed by atoms with E-state index in [4.69, 9.17) is 14.6 Å². The van der Waals surface area contributed by atoms with Gasteiger partial charge in [0, 0.05) is 4.47 Å².